The van der Waals surface area contributed by atoms with Crippen molar-refractivity contribution in [3.8, 4) is 11.8 Å². The van der Waals surface area contributed by atoms with Gasteiger partial charge in [0.2, 0.25) is 11.8 Å². The number of methoxy groups -OCH3 is 1. The van der Waals surface area contributed by atoms with Crippen molar-refractivity contribution in [3.63, 3.8) is 0 Å². The van der Waals surface area contributed by atoms with Gasteiger partial charge in [-0.2, -0.15) is 4.98 Å². The summed E-state index contributed by atoms with van der Waals surface area (Å²) in [5.41, 5.74) is 0. The molecule has 1 aromatic heterocycles. The first-order valence-electron chi connectivity index (χ1n) is 4.77. The van der Waals surface area contributed by atoms with Crippen LogP contribution in [0.4, 0.5) is 0 Å². The molecule has 4 heteroatoms. The maximum absolute atomic E-state index is 5.66. The van der Waals surface area contributed by atoms with E-state index in [4.69, 9.17) is 9.47 Å². The lowest BCUT2D eigenvalue weighted by atomic mass is 10.3. The summed E-state index contributed by atoms with van der Waals surface area (Å²) < 4.78 is 10.7. The zero-order valence-electron chi connectivity index (χ0n) is 8.19. The van der Waals surface area contributed by atoms with E-state index < -0.39 is 0 Å². The van der Waals surface area contributed by atoms with Crippen molar-refractivity contribution in [1.82, 2.24) is 10.3 Å². The first-order valence-corrected chi connectivity index (χ1v) is 4.77. The van der Waals surface area contributed by atoms with Crippen LogP contribution in [0, 0.1) is 0 Å². The lowest BCUT2D eigenvalue weighted by Crippen LogP contribution is -2.20. The summed E-state index contributed by atoms with van der Waals surface area (Å²) in [4.78, 5) is 4.18. The molecule has 1 atom stereocenters. The summed E-state index contributed by atoms with van der Waals surface area (Å²) in [6.07, 6.45) is 1.29. The van der Waals surface area contributed by atoms with Crippen molar-refractivity contribution in [1.29, 1.82) is 0 Å². The zero-order chi connectivity index (χ0) is 9.80. The molecule has 0 amide bonds. The van der Waals surface area contributed by atoms with Crippen molar-refractivity contribution >= 4 is 0 Å². The molecule has 1 fully saturated rings. The molecule has 2 heterocycles. The fraction of sp³-hybridized carbons (Fsp3) is 0.500. The number of hydrogen-bond acceptors (Lipinski definition) is 4. The van der Waals surface area contributed by atoms with E-state index in [-0.39, 0.29) is 6.10 Å². The number of ether oxygens (including phenoxy) is 2. The van der Waals surface area contributed by atoms with E-state index in [1.165, 1.54) is 0 Å². The Morgan fingerprint density at radius 2 is 2.29 bits per heavy atom. The third-order valence-corrected chi connectivity index (χ3v) is 2.21. The van der Waals surface area contributed by atoms with E-state index in [0.717, 1.165) is 19.5 Å². The number of rotatable bonds is 3. The minimum Gasteiger partial charge on any atom is -0.481 e. The van der Waals surface area contributed by atoms with Gasteiger partial charge in [0.15, 0.2) is 0 Å². The van der Waals surface area contributed by atoms with E-state index in [1.54, 1.807) is 13.2 Å². The topological polar surface area (TPSA) is 43.4 Å². The van der Waals surface area contributed by atoms with Crippen molar-refractivity contribution < 1.29 is 9.47 Å². The highest BCUT2D eigenvalue weighted by Gasteiger charge is 2.16. The van der Waals surface area contributed by atoms with Gasteiger partial charge in [0.05, 0.1) is 7.11 Å². The molecule has 1 aliphatic heterocycles. The Morgan fingerprint density at radius 3 is 3.00 bits per heavy atom. The van der Waals surface area contributed by atoms with E-state index in [0.29, 0.717) is 11.8 Å². The van der Waals surface area contributed by atoms with Crippen molar-refractivity contribution in [3.05, 3.63) is 18.2 Å². The van der Waals surface area contributed by atoms with Gasteiger partial charge in [0, 0.05) is 18.7 Å². The Kier molecular flexibility index (Phi) is 2.84. The summed E-state index contributed by atoms with van der Waals surface area (Å²) in [6, 6.07) is 5.53. The fourth-order valence-corrected chi connectivity index (χ4v) is 1.47. The molecule has 4 nitrogen and oxygen atoms in total. The van der Waals surface area contributed by atoms with Gasteiger partial charge < -0.3 is 14.8 Å². The first kappa shape index (κ1) is 9.27. The van der Waals surface area contributed by atoms with Crippen LogP contribution in [0.5, 0.6) is 11.8 Å². The summed E-state index contributed by atoms with van der Waals surface area (Å²) in [6.45, 7) is 1.92. The molecule has 0 aliphatic carbocycles. The van der Waals surface area contributed by atoms with Crippen molar-refractivity contribution in [2.24, 2.45) is 0 Å². The van der Waals surface area contributed by atoms with Crippen LogP contribution < -0.4 is 14.8 Å². The monoisotopic (exact) mass is 194 g/mol. The lowest BCUT2D eigenvalue weighted by molar-refractivity contribution is 0.211. The van der Waals surface area contributed by atoms with Gasteiger partial charge in [-0.15, -0.1) is 0 Å². The number of hydrogen-bond donors (Lipinski definition) is 1. The molecular formula is C10H14N2O2. The predicted octanol–water partition coefficient (Wildman–Crippen LogP) is 0.831. The molecule has 1 N–H and O–H groups in total. The number of aromatic nitrogens is 1. The normalized spacial score (nSPS) is 20.8. The quantitative estimate of drug-likeness (QED) is 0.774. The Hall–Kier alpha value is -1.29. The molecule has 0 unspecified atom stereocenters. The first-order chi connectivity index (χ1) is 6.88. The van der Waals surface area contributed by atoms with Crippen LogP contribution in [-0.2, 0) is 0 Å². The van der Waals surface area contributed by atoms with Gasteiger partial charge in [-0.3, -0.25) is 0 Å². The Morgan fingerprint density at radius 1 is 1.43 bits per heavy atom. The molecule has 0 radical (unpaired) electrons. The minimum atomic E-state index is 0.245. The highest BCUT2D eigenvalue weighted by molar-refractivity contribution is 5.19. The van der Waals surface area contributed by atoms with Crippen LogP contribution >= 0.6 is 0 Å². The largest absolute Gasteiger partial charge is 0.481 e. The van der Waals surface area contributed by atoms with Gasteiger partial charge in [-0.25, -0.2) is 0 Å². The molecule has 14 heavy (non-hydrogen) atoms. The van der Waals surface area contributed by atoms with Crippen LogP contribution in [0.3, 0.4) is 0 Å². The second-order valence-electron chi connectivity index (χ2n) is 3.25. The van der Waals surface area contributed by atoms with E-state index in [1.807, 2.05) is 12.1 Å². The second kappa shape index (κ2) is 4.28. The molecule has 1 aromatic rings. The smallest absolute Gasteiger partial charge is 0.216 e. The van der Waals surface area contributed by atoms with Crippen LogP contribution in [-0.4, -0.2) is 31.3 Å². The summed E-state index contributed by atoms with van der Waals surface area (Å²) in [7, 11) is 1.60. The van der Waals surface area contributed by atoms with Crippen molar-refractivity contribution in [2.75, 3.05) is 20.2 Å². The highest BCUT2D eigenvalue weighted by Crippen LogP contribution is 2.15. The lowest BCUT2D eigenvalue weighted by Gasteiger charge is -2.11. The second-order valence-corrected chi connectivity index (χ2v) is 3.25. The van der Waals surface area contributed by atoms with Gasteiger partial charge in [-0.05, 0) is 13.0 Å². The number of nitrogens with one attached hydrogen (secondary N) is 1. The predicted molar refractivity (Wildman–Crippen MR) is 52.7 cm³/mol. The molecule has 0 saturated carbocycles. The molecule has 76 valence electrons. The third kappa shape index (κ3) is 2.14. The zero-order valence-corrected chi connectivity index (χ0v) is 8.19. The molecule has 1 aliphatic rings. The van der Waals surface area contributed by atoms with Crippen LogP contribution in [0.15, 0.2) is 18.2 Å². The van der Waals surface area contributed by atoms with Crippen LogP contribution in [0.2, 0.25) is 0 Å². The Bertz CT molecular complexity index is 298. The maximum Gasteiger partial charge on any atom is 0.216 e. The van der Waals surface area contributed by atoms with Gasteiger partial charge in [-0.1, -0.05) is 6.07 Å². The van der Waals surface area contributed by atoms with Crippen molar-refractivity contribution in [2.45, 2.75) is 12.5 Å². The molecule has 0 bridgehead atoms. The molecular weight excluding hydrogens is 180 g/mol. The van der Waals surface area contributed by atoms with Gasteiger partial charge in [0.25, 0.3) is 0 Å². The van der Waals surface area contributed by atoms with E-state index >= 15 is 0 Å². The molecule has 1 saturated heterocycles. The van der Waals surface area contributed by atoms with Crippen LogP contribution in [0.1, 0.15) is 6.42 Å². The maximum atomic E-state index is 5.66. The van der Waals surface area contributed by atoms with Gasteiger partial charge >= 0.3 is 0 Å². The van der Waals surface area contributed by atoms with Gasteiger partial charge in [0.1, 0.15) is 6.10 Å². The fourth-order valence-electron chi connectivity index (χ4n) is 1.47. The average molecular weight is 194 g/mol. The molecule has 2 rings (SSSR count). The molecule has 0 spiro atoms. The summed E-state index contributed by atoms with van der Waals surface area (Å²) in [5, 5.41) is 3.24. The van der Waals surface area contributed by atoms with Crippen LogP contribution in [0.25, 0.3) is 0 Å². The van der Waals surface area contributed by atoms with E-state index in [2.05, 4.69) is 10.3 Å². The summed E-state index contributed by atoms with van der Waals surface area (Å²) in [5.74, 6) is 1.23. The minimum absolute atomic E-state index is 0.245. The Labute approximate surface area is 83.2 Å². The highest BCUT2D eigenvalue weighted by atomic mass is 16.5. The average Bonchev–Trinajstić information content (AvgIpc) is 2.71. The summed E-state index contributed by atoms with van der Waals surface area (Å²) >= 11 is 0. The number of nitrogens with zero attached hydrogens (tertiary/aromatic N) is 1. The third-order valence-electron chi connectivity index (χ3n) is 2.21. The number of pyridine rings is 1. The molecule has 0 aromatic carbocycles. The SMILES string of the molecule is COc1cccc(O[C@@H]2CCNC2)n1. The standard InChI is InChI=1S/C10H14N2O2/c1-13-9-3-2-4-10(12-9)14-8-5-6-11-7-8/h2-4,8,11H,5-7H2,1H3/t8-/m1/s1. The van der Waals surface area contributed by atoms with E-state index in [9.17, 15) is 0 Å². The Balaban J connectivity index is 2.00.